The smallest absolute Gasteiger partial charge is 0.00923 e. The fraction of sp³-hybridized carbons (Fsp3) is 0. The van der Waals surface area contributed by atoms with Crippen LogP contribution in [-0.2, 0) is 0 Å². The SMILES string of the molecule is c1ccc2cc(-c3ccc(-c4cc5c6ccccc6c(-c6cc7ccccc7c7ccccc67)cc5c5ccccc45)cc3)ccc2c1. The summed E-state index contributed by atoms with van der Waals surface area (Å²) in [5.74, 6) is 0. The van der Waals surface area contributed by atoms with Crippen molar-refractivity contribution in [1.82, 2.24) is 0 Å². The molecule has 0 aromatic heterocycles. The Bertz CT molecular complexity index is 2870. The highest BCUT2D eigenvalue weighted by Gasteiger charge is 2.17. The summed E-state index contributed by atoms with van der Waals surface area (Å²) in [6, 6.07) is 67.1. The lowest BCUT2D eigenvalue weighted by molar-refractivity contribution is 1.63. The van der Waals surface area contributed by atoms with E-state index in [9.17, 15) is 0 Å². The van der Waals surface area contributed by atoms with Gasteiger partial charge in [-0.15, -0.1) is 0 Å². The third-order valence-corrected chi connectivity index (χ3v) is 10.2. The Morgan fingerprint density at radius 3 is 1.25 bits per heavy atom. The summed E-state index contributed by atoms with van der Waals surface area (Å²) >= 11 is 0. The lowest BCUT2D eigenvalue weighted by Gasteiger charge is -2.18. The largest absolute Gasteiger partial charge is 0.0616 e. The van der Waals surface area contributed by atoms with Crippen molar-refractivity contribution >= 4 is 64.6 Å². The second-order valence-corrected chi connectivity index (χ2v) is 12.9. The van der Waals surface area contributed by atoms with Crippen LogP contribution in [0.25, 0.3) is 98.0 Å². The Balaban J connectivity index is 1.21. The molecule has 0 radical (unpaired) electrons. The topological polar surface area (TPSA) is 0 Å². The first-order chi connectivity index (χ1) is 23.8. The summed E-state index contributed by atoms with van der Waals surface area (Å²) in [7, 11) is 0. The molecule has 0 unspecified atom stereocenters. The maximum Gasteiger partial charge on any atom is -0.00923 e. The van der Waals surface area contributed by atoms with Gasteiger partial charge in [-0.2, -0.15) is 0 Å². The molecule has 0 N–H and O–H groups in total. The van der Waals surface area contributed by atoms with Gasteiger partial charge < -0.3 is 0 Å². The molecule has 0 spiro atoms. The third-order valence-electron chi connectivity index (χ3n) is 10.2. The van der Waals surface area contributed by atoms with E-state index in [2.05, 4.69) is 182 Å². The van der Waals surface area contributed by atoms with E-state index in [-0.39, 0.29) is 0 Å². The van der Waals surface area contributed by atoms with Gasteiger partial charge >= 0.3 is 0 Å². The predicted molar refractivity (Wildman–Crippen MR) is 208 cm³/mol. The molecule has 10 aromatic rings. The van der Waals surface area contributed by atoms with Crippen LogP contribution in [0.3, 0.4) is 0 Å². The maximum atomic E-state index is 2.45. The Labute approximate surface area is 279 Å². The highest BCUT2D eigenvalue weighted by atomic mass is 14.2. The van der Waals surface area contributed by atoms with Crippen LogP contribution in [0.5, 0.6) is 0 Å². The fourth-order valence-corrected chi connectivity index (χ4v) is 7.90. The van der Waals surface area contributed by atoms with Gasteiger partial charge in [-0.3, -0.25) is 0 Å². The minimum Gasteiger partial charge on any atom is -0.0616 e. The predicted octanol–water partition coefficient (Wildman–Crippen LogP) is 13.6. The molecule has 0 fully saturated rings. The van der Waals surface area contributed by atoms with Gasteiger partial charge in [-0.1, -0.05) is 158 Å². The monoisotopic (exact) mass is 606 g/mol. The number of hydrogen-bond donors (Lipinski definition) is 0. The van der Waals surface area contributed by atoms with Crippen LogP contribution in [0.4, 0.5) is 0 Å². The van der Waals surface area contributed by atoms with E-state index in [0.717, 1.165) is 0 Å². The van der Waals surface area contributed by atoms with E-state index in [1.807, 2.05) is 0 Å². The zero-order valence-electron chi connectivity index (χ0n) is 26.3. The zero-order valence-corrected chi connectivity index (χ0v) is 26.3. The second-order valence-electron chi connectivity index (χ2n) is 12.9. The first-order valence-corrected chi connectivity index (χ1v) is 16.7. The van der Waals surface area contributed by atoms with E-state index in [1.165, 1.54) is 98.0 Å². The second kappa shape index (κ2) is 10.7. The summed E-state index contributed by atoms with van der Waals surface area (Å²) < 4.78 is 0. The van der Waals surface area contributed by atoms with Crippen LogP contribution in [-0.4, -0.2) is 0 Å². The fourth-order valence-electron chi connectivity index (χ4n) is 7.90. The molecule has 0 aliphatic heterocycles. The Morgan fingerprint density at radius 2 is 0.604 bits per heavy atom. The number of hydrogen-bond acceptors (Lipinski definition) is 0. The first-order valence-electron chi connectivity index (χ1n) is 16.7. The quantitative estimate of drug-likeness (QED) is 0.176. The van der Waals surface area contributed by atoms with E-state index >= 15 is 0 Å². The molecule has 0 saturated heterocycles. The normalized spacial score (nSPS) is 11.8. The minimum atomic E-state index is 1.23. The first kappa shape index (κ1) is 26.9. The van der Waals surface area contributed by atoms with E-state index < -0.39 is 0 Å². The van der Waals surface area contributed by atoms with E-state index in [4.69, 9.17) is 0 Å². The Hall–Kier alpha value is -6.24. The van der Waals surface area contributed by atoms with Gasteiger partial charge in [-0.05, 0) is 122 Å². The molecule has 10 rings (SSSR count). The van der Waals surface area contributed by atoms with Gasteiger partial charge in [-0.25, -0.2) is 0 Å². The molecule has 222 valence electrons. The number of rotatable bonds is 3. The van der Waals surface area contributed by atoms with Crippen LogP contribution < -0.4 is 0 Å². The average Bonchev–Trinajstić information content (AvgIpc) is 3.17. The molecule has 10 aromatic carbocycles. The maximum absolute atomic E-state index is 2.45. The standard InChI is InChI=1S/C48H30/c1-2-12-34-27-35(26-23-31(34)11-1)32-21-24-33(25-22-32)44-29-46-42-19-9-10-20-43(42)47(30-48(46)41-18-8-6-16-39(41)44)45-28-36-13-3-4-14-37(36)38-15-5-7-17-40(38)45/h1-30H. The third kappa shape index (κ3) is 4.16. The highest BCUT2D eigenvalue weighted by Crippen LogP contribution is 2.44. The van der Waals surface area contributed by atoms with Crippen LogP contribution in [0.15, 0.2) is 182 Å². The van der Waals surface area contributed by atoms with E-state index in [0.29, 0.717) is 0 Å². The molecular weight excluding hydrogens is 577 g/mol. The molecule has 48 heavy (non-hydrogen) atoms. The van der Waals surface area contributed by atoms with Crippen molar-refractivity contribution in [2.75, 3.05) is 0 Å². The van der Waals surface area contributed by atoms with Crippen molar-refractivity contribution in [2.45, 2.75) is 0 Å². The molecule has 0 heteroatoms. The molecule has 0 nitrogen and oxygen atoms in total. The number of benzene rings is 10. The molecule has 0 atom stereocenters. The lowest BCUT2D eigenvalue weighted by atomic mass is 9.86. The van der Waals surface area contributed by atoms with Gasteiger partial charge in [0.1, 0.15) is 0 Å². The average molecular weight is 607 g/mol. The van der Waals surface area contributed by atoms with E-state index in [1.54, 1.807) is 0 Å². The van der Waals surface area contributed by atoms with Gasteiger partial charge in [0.05, 0.1) is 0 Å². The van der Waals surface area contributed by atoms with Gasteiger partial charge in [0.2, 0.25) is 0 Å². The number of fused-ring (bicyclic) bond motifs is 9. The Morgan fingerprint density at radius 1 is 0.188 bits per heavy atom. The zero-order chi connectivity index (χ0) is 31.6. The summed E-state index contributed by atoms with van der Waals surface area (Å²) in [6.07, 6.45) is 0. The molecule has 0 bridgehead atoms. The summed E-state index contributed by atoms with van der Waals surface area (Å²) in [6.45, 7) is 0. The molecule has 0 saturated carbocycles. The van der Waals surface area contributed by atoms with Crippen molar-refractivity contribution < 1.29 is 0 Å². The lowest BCUT2D eigenvalue weighted by Crippen LogP contribution is -1.90. The van der Waals surface area contributed by atoms with Crippen LogP contribution in [0, 0.1) is 0 Å². The molecule has 0 aliphatic carbocycles. The van der Waals surface area contributed by atoms with Crippen LogP contribution >= 0.6 is 0 Å². The molecular formula is C48H30. The van der Waals surface area contributed by atoms with Crippen molar-refractivity contribution in [3.63, 3.8) is 0 Å². The highest BCUT2D eigenvalue weighted by molar-refractivity contribution is 6.25. The van der Waals surface area contributed by atoms with Gasteiger partial charge in [0, 0.05) is 0 Å². The summed E-state index contributed by atoms with van der Waals surface area (Å²) in [5, 5.41) is 15.3. The summed E-state index contributed by atoms with van der Waals surface area (Å²) in [4.78, 5) is 0. The minimum absolute atomic E-state index is 1.23. The van der Waals surface area contributed by atoms with Crippen molar-refractivity contribution in [1.29, 1.82) is 0 Å². The Kier molecular flexibility index (Phi) is 5.98. The molecule has 0 amide bonds. The van der Waals surface area contributed by atoms with Gasteiger partial charge in [0.15, 0.2) is 0 Å². The molecule has 0 heterocycles. The van der Waals surface area contributed by atoms with Crippen molar-refractivity contribution in [3.05, 3.63) is 182 Å². The van der Waals surface area contributed by atoms with Crippen molar-refractivity contribution in [3.8, 4) is 33.4 Å². The van der Waals surface area contributed by atoms with Crippen LogP contribution in [0.1, 0.15) is 0 Å². The summed E-state index contributed by atoms with van der Waals surface area (Å²) in [5.41, 5.74) is 7.51. The van der Waals surface area contributed by atoms with Gasteiger partial charge in [0.25, 0.3) is 0 Å². The van der Waals surface area contributed by atoms with Crippen molar-refractivity contribution in [2.24, 2.45) is 0 Å². The molecule has 0 aliphatic rings. The van der Waals surface area contributed by atoms with Crippen LogP contribution in [0.2, 0.25) is 0 Å².